The van der Waals surface area contributed by atoms with Gasteiger partial charge in [0.2, 0.25) is 5.91 Å². The van der Waals surface area contributed by atoms with Crippen molar-refractivity contribution in [1.29, 1.82) is 0 Å². The number of aromatic hydroxyl groups is 1. The molecule has 2 aromatic carbocycles. The lowest BCUT2D eigenvalue weighted by molar-refractivity contribution is -0.117. The van der Waals surface area contributed by atoms with Crippen LogP contribution in [0.2, 0.25) is 0 Å². The summed E-state index contributed by atoms with van der Waals surface area (Å²) in [7, 11) is 0. The minimum Gasteiger partial charge on any atom is -0.508 e. The largest absolute Gasteiger partial charge is 0.508 e. The van der Waals surface area contributed by atoms with E-state index in [2.05, 4.69) is 5.32 Å². The number of rotatable bonds is 5. The van der Waals surface area contributed by atoms with Gasteiger partial charge in [-0.25, -0.2) is 0 Å². The zero-order valence-electron chi connectivity index (χ0n) is 12.3. The van der Waals surface area contributed by atoms with E-state index in [1.165, 1.54) is 0 Å². The fourth-order valence-corrected chi connectivity index (χ4v) is 2.27. The molecule has 1 amide bonds. The molecule has 21 heavy (non-hydrogen) atoms. The van der Waals surface area contributed by atoms with E-state index in [4.69, 9.17) is 5.73 Å². The number of hydrogen-bond donors (Lipinski definition) is 3. The van der Waals surface area contributed by atoms with E-state index in [1.807, 2.05) is 50.2 Å². The van der Waals surface area contributed by atoms with E-state index >= 15 is 0 Å². The second kappa shape index (κ2) is 6.31. The van der Waals surface area contributed by atoms with Crippen molar-refractivity contribution < 1.29 is 9.90 Å². The summed E-state index contributed by atoms with van der Waals surface area (Å²) >= 11 is 0. The van der Waals surface area contributed by atoms with Crippen LogP contribution in [-0.2, 0) is 11.2 Å². The molecular weight excluding hydrogens is 264 g/mol. The molecule has 0 saturated heterocycles. The highest BCUT2D eigenvalue weighted by Crippen LogP contribution is 2.27. The van der Waals surface area contributed by atoms with E-state index in [1.54, 1.807) is 6.07 Å². The molecule has 0 aliphatic carbocycles. The second-order valence-electron chi connectivity index (χ2n) is 5.27. The summed E-state index contributed by atoms with van der Waals surface area (Å²) in [6.45, 7) is 3.93. The number of aryl methyl sites for hydroxylation is 1. The molecule has 0 heterocycles. The van der Waals surface area contributed by atoms with Gasteiger partial charge in [0.05, 0.1) is 12.5 Å². The van der Waals surface area contributed by atoms with Gasteiger partial charge in [-0.2, -0.15) is 0 Å². The Morgan fingerprint density at radius 3 is 2.48 bits per heavy atom. The van der Waals surface area contributed by atoms with Crippen LogP contribution < -0.4 is 11.1 Å². The van der Waals surface area contributed by atoms with Gasteiger partial charge in [0.1, 0.15) is 5.75 Å². The van der Waals surface area contributed by atoms with Crippen LogP contribution in [0.1, 0.15) is 29.7 Å². The van der Waals surface area contributed by atoms with Crippen molar-refractivity contribution in [3.05, 3.63) is 59.2 Å². The first kappa shape index (κ1) is 14.9. The van der Waals surface area contributed by atoms with Gasteiger partial charge < -0.3 is 16.2 Å². The van der Waals surface area contributed by atoms with Crippen LogP contribution in [0.15, 0.2) is 42.5 Å². The number of amides is 1. The summed E-state index contributed by atoms with van der Waals surface area (Å²) < 4.78 is 0. The number of carbonyl (C=O) groups excluding carboxylic acids is 1. The van der Waals surface area contributed by atoms with Crippen molar-refractivity contribution in [2.75, 3.05) is 5.32 Å². The van der Waals surface area contributed by atoms with E-state index in [9.17, 15) is 9.90 Å². The van der Waals surface area contributed by atoms with Crippen LogP contribution in [0.4, 0.5) is 5.69 Å². The summed E-state index contributed by atoms with van der Waals surface area (Å²) in [6, 6.07) is 13.2. The van der Waals surface area contributed by atoms with Crippen molar-refractivity contribution >= 4 is 11.6 Å². The molecule has 0 saturated carbocycles. The molecule has 2 aromatic rings. The molecular formula is C17H20N2O2. The molecule has 0 aromatic heterocycles. The van der Waals surface area contributed by atoms with Crippen LogP contribution in [0.3, 0.4) is 0 Å². The number of phenols is 1. The summed E-state index contributed by atoms with van der Waals surface area (Å²) in [6.07, 6.45) is 0.245. The number of nitrogens with two attached hydrogens (primary N) is 1. The van der Waals surface area contributed by atoms with E-state index in [0.717, 1.165) is 22.4 Å². The van der Waals surface area contributed by atoms with Gasteiger partial charge in [0, 0.05) is 11.3 Å². The maximum Gasteiger partial charge on any atom is 0.221 e. The van der Waals surface area contributed by atoms with Gasteiger partial charge in [0.15, 0.2) is 0 Å². The molecule has 0 spiro atoms. The highest BCUT2D eigenvalue weighted by molar-refractivity contribution is 5.76. The Morgan fingerprint density at radius 1 is 1.24 bits per heavy atom. The predicted molar refractivity (Wildman–Crippen MR) is 84.2 cm³/mol. The summed E-state index contributed by atoms with van der Waals surface area (Å²) in [5.41, 5.74) is 8.86. The molecule has 0 bridgehead atoms. The van der Waals surface area contributed by atoms with Crippen LogP contribution >= 0.6 is 0 Å². The van der Waals surface area contributed by atoms with Crippen LogP contribution in [0, 0.1) is 6.92 Å². The van der Waals surface area contributed by atoms with Gasteiger partial charge in [0.25, 0.3) is 0 Å². The molecule has 110 valence electrons. The lowest BCUT2D eigenvalue weighted by Gasteiger charge is -2.17. The van der Waals surface area contributed by atoms with Crippen LogP contribution in [-0.4, -0.2) is 11.0 Å². The fraction of sp³-hybridized carbons (Fsp3) is 0.235. The predicted octanol–water partition coefficient (Wildman–Crippen LogP) is 2.90. The Labute approximate surface area is 124 Å². The maximum atomic E-state index is 10.9. The Morgan fingerprint density at radius 2 is 1.90 bits per heavy atom. The molecule has 4 nitrogen and oxygen atoms in total. The van der Waals surface area contributed by atoms with Crippen LogP contribution in [0.25, 0.3) is 0 Å². The number of primary amides is 1. The van der Waals surface area contributed by atoms with Crippen molar-refractivity contribution in [2.45, 2.75) is 26.3 Å². The smallest absolute Gasteiger partial charge is 0.221 e. The molecule has 4 heteroatoms. The first-order chi connectivity index (χ1) is 9.95. The number of hydrogen-bond acceptors (Lipinski definition) is 3. The Kier molecular flexibility index (Phi) is 4.48. The van der Waals surface area contributed by atoms with Gasteiger partial charge in [-0.15, -0.1) is 0 Å². The highest BCUT2D eigenvalue weighted by Gasteiger charge is 2.10. The summed E-state index contributed by atoms with van der Waals surface area (Å²) in [5, 5.41) is 13.3. The SMILES string of the molecule is Cc1ccc(C(C)Nc2ccc(CC(N)=O)cc2)c(O)c1. The number of phenolic OH excluding ortho intramolecular Hbond substituents is 1. The van der Waals surface area contributed by atoms with Crippen molar-refractivity contribution in [1.82, 2.24) is 0 Å². The number of benzene rings is 2. The minimum atomic E-state index is -0.339. The number of anilines is 1. The third kappa shape index (κ3) is 3.99. The number of nitrogens with one attached hydrogen (secondary N) is 1. The first-order valence-corrected chi connectivity index (χ1v) is 6.89. The maximum absolute atomic E-state index is 10.9. The molecule has 0 aliphatic heterocycles. The zero-order valence-corrected chi connectivity index (χ0v) is 12.3. The monoisotopic (exact) mass is 284 g/mol. The van der Waals surface area contributed by atoms with E-state index in [-0.39, 0.29) is 18.4 Å². The van der Waals surface area contributed by atoms with Crippen molar-refractivity contribution in [3.63, 3.8) is 0 Å². The quantitative estimate of drug-likeness (QED) is 0.790. The Balaban J connectivity index is 2.08. The molecule has 0 aliphatic rings. The zero-order chi connectivity index (χ0) is 15.4. The number of carbonyl (C=O) groups is 1. The first-order valence-electron chi connectivity index (χ1n) is 6.89. The fourth-order valence-electron chi connectivity index (χ4n) is 2.27. The molecule has 1 unspecified atom stereocenters. The molecule has 0 fully saturated rings. The third-order valence-corrected chi connectivity index (χ3v) is 3.37. The molecule has 1 atom stereocenters. The topological polar surface area (TPSA) is 75.3 Å². The van der Waals surface area contributed by atoms with Crippen molar-refractivity contribution in [2.24, 2.45) is 5.73 Å². The minimum absolute atomic E-state index is 0.0207. The molecule has 0 radical (unpaired) electrons. The Bertz CT molecular complexity index is 636. The normalized spacial score (nSPS) is 11.9. The second-order valence-corrected chi connectivity index (χ2v) is 5.27. The van der Waals surface area contributed by atoms with E-state index < -0.39 is 0 Å². The average Bonchev–Trinajstić information content (AvgIpc) is 2.40. The van der Waals surface area contributed by atoms with Crippen molar-refractivity contribution in [3.8, 4) is 5.75 Å². The highest BCUT2D eigenvalue weighted by atomic mass is 16.3. The average molecular weight is 284 g/mol. The summed E-state index contributed by atoms with van der Waals surface area (Å²) in [5.74, 6) is -0.0472. The molecule has 2 rings (SSSR count). The summed E-state index contributed by atoms with van der Waals surface area (Å²) in [4.78, 5) is 10.9. The van der Waals surface area contributed by atoms with Crippen LogP contribution in [0.5, 0.6) is 5.75 Å². The van der Waals surface area contributed by atoms with Gasteiger partial charge in [-0.1, -0.05) is 24.3 Å². The molecule has 4 N–H and O–H groups in total. The Hall–Kier alpha value is -2.49. The standard InChI is InChI=1S/C17H20N2O2/c1-11-3-8-15(16(20)9-11)12(2)19-14-6-4-13(5-7-14)10-17(18)21/h3-9,12,19-20H,10H2,1-2H3,(H2,18,21). The lowest BCUT2D eigenvalue weighted by atomic mass is 10.0. The van der Waals surface area contributed by atoms with Gasteiger partial charge >= 0.3 is 0 Å². The lowest BCUT2D eigenvalue weighted by Crippen LogP contribution is -2.13. The van der Waals surface area contributed by atoms with Gasteiger partial charge in [-0.3, -0.25) is 4.79 Å². The van der Waals surface area contributed by atoms with E-state index in [0.29, 0.717) is 5.75 Å². The van der Waals surface area contributed by atoms with Gasteiger partial charge in [-0.05, 0) is 43.2 Å². The third-order valence-electron chi connectivity index (χ3n) is 3.37.